The van der Waals surface area contributed by atoms with Gasteiger partial charge in [0.1, 0.15) is 17.8 Å². The smallest absolute Gasteiger partial charge is 0.326 e. The predicted octanol–water partition coefficient (Wildman–Crippen LogP) is 0.232. The third kappa shape index (κ3) is 10.1. The normalized spacial score (nSPS) is 14.4. The van der Waals surface area contributed by atoms with Gasteiger partial charge in [-0.15, -0.1) is 0 Å². The van der Waals surface area contributed by atoms with Gasteiger partial charge < -0.3 is 31.9 Å². The van der Waals surface area contributed by atoms with Crippen LogP contribution in [0.3, 0.4) is 0 Å². The van der Waals surface area contributed by atoms with Gasteiger partial charge >= 0.3 is 5.97 Å². The monoisotopic (exact) mass is 482 g/mol. The number of carboxylic acid groups (broad SMARTS) is 1. The van der Waals surface area contributed by atoms with E-state index in [4.69, 9.17) is 5.73 Å². The number of rotatable bonds is 14. The van der Waals surface area contributed by atoms with E-state index >= 15 is 0 Å². The first kappa shape index (κ1) is 28.2. The molecular weight excluding hydrogens is 448 g/mol. The zero-order valence-electron chi connectivity index (χ0n) is 19.2. The molecule has 0 saturated carbocycles. The van der Waals surface area contributed by atoms with Crippen LogP contribution in [0.25, 0.3) is 0 Å². The first-order chi connectivity index (χ1) is 15.6. The van der Waals surface area contributed by atoms with Crippen LogP contribution in [0.5, 0.6) is 5.75 Å². The number of aliphatic carboxylic acids is 1. The number of hydrogen-bond acceptors (Lipinski definition) is 7. The minimum atomic E-state index is -1.17. The van der Waals surface area contributed by atoms with Crippen LogP contribution in [0.1, 0.15) is 32.3 Å². The van der Waals surface area contributed by atoms with Crippen molar-refractivity contribution < 1.29 is 29.4 Å². The highest BCUT2D eigenvalue weighted by molar-refractivity contribution is 7.98. The lowest BCUT2D eigenvalue weighted by Crippen LogP contribution is -2.55. The fraction of sp³-hybridized carbons (Fsp3) is 0.545. The molecule has 184 valence electrons. The number of phenols is 1. The van der Waals surface area contributed by atoms with Gasteiger partial charge in [0, 0.05) is 6.42 Å². The number of benzene rings is 1. The van der Waals surface area contributed by atoms with Crippen LogP contribution in [-0.2, 0) is 25.6 Å². The molecule has 7 N–H and O–H groups in total. The highest BCUT2D eigenvalue weighted by Crippen LogP contribution is 2.13. The maximum Gasteiger partial charge on any atom is 0.326 e. The van der Waals surface area contributed by atoms with E-state index in [1.165, 1.54) is 12.1 Å². The number of nitrogens with two attached hydrogens (primary N) is 1. The molecule has 0 aromatic heterocycles. The fourth-order valence-corrected chi connectivity index (χ4v) is 3.42. The van der Waals surface area contributed by atoms with Crippen molar-refractivity contribution in [2.75, 3.05) is 18.6 Å². The highest BCUT2D eigenvalue weighted by atomic mass is 32.2. The zero-order valence-corrected chi connectivity index (χ0v) is 20.0. The number of carboxylic acids is 1. The molecule has 3 amide bonds. The summed E-state index contributed by atoms with van der Waals surface area (Å²) < 4.78 is 0. The van der Waals surface area contributed by atoms with Crippen molar-refractivity contribution in [3.05, 3.63) is 29.8 Å². The summed E-state index contributed by atoms with van der Waals surface area (Å²) in [7, 11) is 0. The van der Waals surface area contributed by atoms with Crippen LogP contribution in [0.15, 0.2) is 24.3 Å². The summed E-state index contributed by atoms with van der Waals surface area (Å²) in [4.78, 5) is 49.0. The Morgan fingerprint density at radius 2 is 1.73 bits per heavy atom. The summed E-state index contributed by atoms with van der Waals surface area (Å²) in [5.74, 6) is -2.48. The topological polar surface area (TPSA) is 171 Å². The first-order valence-electron chi connectivity index (χ1n) is 10.7. The van der Waals surface area contributed by atoms with Gasteiger partial charge in [0.15, 0.2) is 0 Å². The molecule has 0 bridgehead atoms. The van der Waals surface area contributed by atoms with Crippen molar-refractivity contribution >= 4 is 35.5 Å². The van der Waals surface area contributed by atoms with Crippen LogP contribution < -0.4 is 21.7 Å². The summed E-state index contributed by atoms with van der Waals surface area (Å²) in [5, 5.41) is 26.4. The third-order valence-corrected chi connectivity index (χ3v) is 5.84. The predicted molar refractivity (Wildman–Crippen MR) is 127 cm³/mol. The van der Waals surface area contributed by atoms with Gasteiger partial charge in [0.25, 0.3) is 0 Å². The number of thioether (sulfide) groups is 1. The van der Waals surface area contributed by atoms with E-state index in [0.29, 0.717) is 24.2 Å². The van der Waals surface area contributed by atoms with Gasteiger partial charge in [-0.2, -0.15) is 11.8 Å². The molecule has 4 unspecified atom stereocenters. The van der Waals surface area contributed by atoms with Crippen molar-refractivity contribution in [2.45, 2.75) is 51.2 Å². The average Bonchev–Trinajstić information content (AvgIpc) is 2.79. The summed E-state index contributed by atoms with van der Waals surface area (Å²) in [5.41, 5.74) is 6.43. The lowest BCUT2D eigenvalue weighted by Gasteiger charge is -2.24. The quantitative estimate of drug-likeness (QED) is 0.219. The van der Waals surface area contributed by atoms with Crippen LogP contribution in [0.2, 0.25) is 0 Å². The Morgan fingerprint density at radius 1 is 1.09 bits per heavy atom. The molecule has 4 atom stereocenters. The average molecular weight is 483 g/mol. The highest BCUT2D eigenvalue weighted by Gasteiger charge is 2.30. The zero-order chi connectivity index (χ0) is 25.0. The minimum absolute atomic E-state index is 0.0482. The van der Waals surface area contributed by atoms with E-state index in [1.807, 2.05) is 13.2 Å². The van der Waals surface area contributed by atoms with Gasteiger partial charge in [-0.1, -0.05) is 32.4 Å². The molecule has 11 heteroatoms. The lowest BCUT2D eigenvalue weighted by molar-refractivity contribution is -0.143. The molecule has 0 saturated heterocycles. The van der Waals surface area contributed by atoms with Gasteiger partial charge in [-0.3, -0.25) is 14.4 Å². The van der Waals surface area contributed by atoms with Crippen LogP contribution in [0.4, 0.5) is 0 Å². The third-order valence-electron chi connectivity index (χ3n) is 5.20. The van der Waals surface area contributed by atoms with Gasteiger partial charge in [0.2, 0.25) is 17.7 Å². The Hall–Kier alpha value is -2.79. The molecule has 0 aliphatic heterocycles. The molecule has 1 aromatic carbocycles. The maximum absolute atomic E-state index is 12.9. The van der Waals surface area contributed by atoms with E-state index < -0.39 is 41.8 Å². The molecule has 33 heavy (non-hydrogen) atoms. The molecule has 1 rings (SSSR count). The summed E-state index contributed by atoms with van der Waals surface area (Å²) in [6.45, 7) is 3.15. The van der Waals surface area contributed by atoms with Crippen molar-refractivity contribution in [1.82, 2.24) is 16.0 Å². The summed E-state index contributed by atoms with van der Waals surface area (Å²) >= 11 is 1.55. The van der Waals surface area contributed by atoms with E-state index in [9.17, 15) is 29.4 Å². The van der Waals surface area contributed by atoms with Crippen LogP contribution in [-0.4, -0.2) is 70.6 Å². The van der Waals surface area contributed by atoms with E-state index in [0.717, 1.165) is 0 Å². The fourth-order valence-electron chi connectivity index (χ4n) is 2.93. The Balaban J connectivity index is 2.87. The Labute approximate surface area is 198 Å². The molecule has 0 heterocycles. The number of amides is 3. The molecule has 0 aliphatic carbocycles. The standard InChI is InChI=1S/C22H34N4O6S/c1-4-13(2)19(22(31)32)26-21(30)17(11-14-5-7-15(27)8-6-14)25-18(28)12-24-20(29)16(23)9-10-33-3/h5-8,13,16-17,19,27H,4,9-12,23H2,1-3H3,(H,24,29)(H,25,28)(H,26,30)(H,31,32). The van der Waals surface area contributed by atoms with Crippen molar-refractivity contribution in [3.63, 3.8) is 0 Å². The number of phenolic OH excluding ortho intramolecular Hbond substituents is 1. The SMILES string of the molecule is CCC(C)C(NC(=O)C(Cc1ccc(O)cc1)NC(=O)CNC(=O)C(N)CCSC)C(=O)O. The van der Waals surface area contributed by atoms with Crippen LogP contribution >= 0.6 is 11.8 Å². The molecule has 0 fully saturated rings. The molecule has 10 nitrogen and oxygen atoms in total. The van der Waals surface area contributed by atoms with E-state index in [1.54, 1.807) is 30.8 Å². The molecular formula is C22H34N4O6S. The largest absolute Gasteiger partial charge is 0.508 e. The molecule has 0 aliphatic rings. The second kappa shape index (κ2) is 14.4. The molecule has 1 aromatic rings. The number of nitrogens with one attached hydrogen (secondary N) is 3. The maximum atomic E-state index is 12.9. The lowest BCUT2D eigenvalue weighted by atomic mass is 9.98. The van der Waals surface area contributed by atoms with Crippen LogP contribution in [0, 0.1) is 5.92 Å². The van der Waals surface area contributed by atoms with E-state index in [-0.39, 0.29) is 24.6 Å². The minimum Gasteiger partial charge on any atom is -0.508 e. The number of carbonyl (C=O) groups is 4. The molecule has 0 spiro atoms. The Kier molecular flexibility index (Phi) is 12.3. The van der Waals surface area contributed by atoms with Gasteiger partial charge in [-0.05, 0) is 42.0 Å². The Bertz CT molecular complexity index is 805. The number of carbonyl (C=O) groups excluding carboxylic acids is 3. The van der Waals surface area contributed by atoms with Gasteiger partial charge in [0.05, 0.1) is 12.6 Å². The second-order valence-corrected chi connectivity index (χ2v) is 8.79. The van der Waals surface area contributed by atoms with E-state index in [2.05, 4.69) is 16.0 Å². The second-order valence-electron chi connectivity index (χ2n) is 7.81. The first-order valence-corrected chi connectivity index (χ1v) is 12.1. The number of hydrogen-bond donors (Lipinski definition) is 6. The number of aromatic hydroxyl groups is 1. The Morgan fingerprint density at radius 3 is 2.27 bits per heavy atom. The van der Waals surface area contributed by atoms with Crippen molar-refractivity contribution in [2.24, 2.45) is 11.7 Å². The van der Waals surface area contributed by atoms with Crippen molar-refractivity contribution in [3.8, 4) is 5.75 Å². The van der Waals surface area contributed by atoms with Gasteiger partial charge in [-0.25, -0.2) is 4.79 Å². The summed E-state index contributed by atoms with van der Waals surface area (Å²) in [6, 6.07) is 3.14. The molecule has 0 radical (unpaired) electrons. The van der Waals surface area contributed by atoms with Crippen molar-refractivity contribution in [1.29, 1.82) is 0 Å². The summed E-state index contributed by atoms with van der Waals surface area (Å²) in [6.07, 6.45) is 2.96.